The van der Waals surface area contributed by atoms with E-state index in [1.54, 1.807) is 0 Å². The summed E-state index contributed by atoms with van der Waals surface area (Å²) in [6.45, 7) is -0.130. The van der Waals surface area contributed by atoms with Crippen molar-refractivity contribution in [3.8, 4) is 0 Å². The molecule has 0 fully saturated rings. The smallest absolute Gasteiger partial charge is 0.270 e. The number of nitro groups is 1. The second-order valence-electron chi connectivity index (χ2n) is 9.25. The fraction of sp³-hybridized carbons (Fsp3) is 0.286. The van der Waals surface area contributed by atoms with Crippen LogP contribution in [0.4, 0.5) is 5.69 Å². The van der Waals surface area contributed by atoms with Gasteiger partial charge in [0, 0.05) is 36.6 Å². The zero-order chi connectivity index (χ0) is 26.4. The van der Waals surface area contributed by atoms with Crippen LogP contribution in [0.5, 0.6) is 0 Å². The summed E-state index contributed by atoms with van der Waals surface area (Å²) in [4.78, 5) is 36.2. The molecule has 3 aromatic rings. The number of fused-ring (bicyclic) bond motifs is 1. The Morgan fingerprint density at radius 1 is 1.03 bits per heavy atom. The van der Waals surface area contributed by atoms with Gasteiger partial charge in [-0.15, -0.1) is 0 Å². The number of nitro benzene ring substituents is 1. The van der Waals surface area contributed by atoms with Crippen LogP contribution in [0.15, 0.2) is 78.9 Å². The van der Waals surface area contributed by atoms with Crippen LogP contribution in [0.1, 0.15) is 39.5 Å². The maximum Gasteiger partial charge on any atom is 0.270 e. The maximum absolute atomic E-state index is 13.4. The van der Waals surface area contributed by atoms with Crippen LogP contribution in [0.25, 0.3) is 0 Å². The number of nitrogens with zero attached hydrogens (tertiary/aromatic N) is 1. The van der Waals surface area contributed by atoms with Crippen LogP contribution in [0.2, 0.25) is 0 Å². The summed E-state index contributed by atoms with van der Waals surface area (Å²) in [6, 6.07) is 21.8. The summed E-state index contributed by atoms with van der Waals surface area (Å²) < 4.78 is 0. The van der Waals surface area contributed by atoms with E-state index in [4.69, 9.17) is 0 Å². The average molecular weight is 504 g/mol. The molecule has 4 atom stereocenters. The van der Waals surface area contributed by atoms with Crippen molar-refractivity contribution in [3.63, 3.8) is 0 Å². The van der Waals surface area contributed by atoms with E-state index in [-0.39, 0.29) is 30.1 Å². The second-order valence-corrected chi connectivity index (χ2v) is 9.25. The molecule has 9 nitrogen and oxygen atoms in total. The SMILES string of the molecule is O=C(NC[C@@H](O)C[C@@H](Cc1ccccc1)C(=O)N[C@H]1c2ccccc2C[C@H]1O)c1cccc([N+](=O)[O-])c1. The van der Waals surface area contributed by atoms with Crippen molar-refractivity contribution in [2.75, 3.05) is 6.54 Å². The number of non-ortho nitro benzene ring substituents is 1. The predicted molar refractivity (Wildman–Crippen MR) is 137 cm³/mol. The molecule has 0 radical (unpaired) electrons. The highest BCUT2D eigenvalue weighted by Crippen LogP contribution is 2.32. The molecule has 192 valence electrons. The van der Waals surface area contributed by atoms with E-state index >= 15 is 0 Å². The number of benzene rings is 3. The summed E-state index contributed by atoms with van der Waals surface area (Å²) >= 11 is 0. The van der Waals surface area contributed by atoms with Gasteiger partial charge in [0.2, 0.25) is 5.91 Å². The zero-order valence-corrected chi connectivity index (χ0v) is 20.1. The van der Waals surface area contributed by atoms with E-state index in [2.05, 4.69) is 10.6 Å². The van der Waals surface area contributed by atoms with Gasteiger partial charge in [-0.25, -0.2) is 0 Å². The maximum atomic E-state index is 13.4. The molecule has 37 heavy (non-hydrogen) atoms. The van der Waals surface area contributed by atoms with Crippen LogP contribution in [-0.2, 0) is 17.6 Å². The Morgan fingerprint density at radius 2 is 1.76 bits per heavy atom. The second kappa shape index (κ2) is 11.8. The van der Waals surface area contributed by atoms with E-state index in [9.17, 15) is 29.9 Å². The molecule has 0 saturated carbocycles. The number of aliphatic hydroxyl groups excluding tert-OH is 2. The van der Waals surface area contributed by atoms with Crippen LogP contribution in [0.3, 0.4) is 0 Å². The number of aliphatic hydroxyl groups is 2. The number of carbonyl (C=O) groups is 2. The molecule has 4 rings (SSSR count). The van der Waals surface area contributed by atoms with E-state index < -0.39 is 35.0 Å². The van der Waals surface area contributed by atoms with Gasteiger partial charge in [-0.2, -0.15) is 0 Å². The number of hydrogen-bond acceptors (Lipinski definition) is 6. The molecule has 0 spiro atoms. The molecule has 4 N–H and O–H groups in total. The standard InChI is InChI=1S/C28H29N3O6/c32-23(17-29-27(34)20-10-6-11-22(14-20)31(36)37)15-21(13-18-7-2-1-3-8-18)28(35)30-26-24-12-5-4-9-19(24)16-25(26)33/h1-12,14,21,23,25-26,32-33H,13,15-17H2,(H,29,34)(H,30,35)/t21-,23+,25-,26+/m1/s1. The summed E-state index contributed by atoms with van der Waals surface area (Å²) in [5, 5.41) is 37.8. The third-order valence-corrected chi connectivity index (χ3v) is 6.57. The van der Waals surface area contributed by atoms with Gasteiger partial charge in [0.05, 0.1) is 23.2 Å². The molecule has 1 aliphatic carbocycles. The van der Waals surface area contributed by atoms with Gasteiger partial charge >= 0.3 is 0 Å². The minimum atomic E-state index is -1.04. The van der Waals surface area contributed by atoms with Gasteiger partial charge in [0.15, 0.2) is 0 Å². The van der Waals surface area contributed by atoms with Crippen LogP contribution < -0.4 is 10.6 Å². The predicted octanol–water partition coefficient (Wildman–Crippen LogP) is 2.71. The monoisotopic (exact) mass is 503 g/mol. The Balaban J connectivity index is 1.42. The lowest BCUT2D eigenvalue weighted by molar-refractivity contribution is -0.384. The van der Waals surface area contributed by atoms with Gasteiger partial charge in [-0.1, -0.05) is 60.7 Å². The van der Waals surface area contributed by atoms with Crippen molar-refractivity contribution >= 4 is 17.5 Å². The molecule has 0 aliphatic heterocycles. The molecule has 0 heterocycles. The molecular weight excluding hydrogens is 474 g/mol. The lowest BCUT2D eigenvalue weighted by atomic mass is 9.92. The summed E-state index contributed by atoms with van der Waals surface area (Å²) in [5.41, 5.74) is 2.69. The fourth-order valence-electron chi connectivity index (χ4n) is 4.69. The van der Waals surface area contributed by atoms with E-state index in [1.165, 1.54) is 18.2 Å². The minimum Gasteiger partial charge on any atom is -0.391 e. The Labute approximate surface area is 214 Å². The molecule has 1 aliphatic rings. The number of carbonyl (C=O) groups excluding carboxylic acids is 2. The van der Waals surface area contributed by atoms with Crippen molar-refractivity contribution in [2.24, 2.45) is 5.92 Å². The molecular formula is C28H29N3O6. The van der Waals surface area contributed by atoms with E-state index in [0.29, 0.717) is 12.8 Å². The summed E-state index contributed by atoms with van der Waals surface area (Å²) in [6.07, 6.45) is -0.884. The quantitative estimate of drug-likeness (QED) is 0.248. The molecule has 3 aromatic carbocycles. The first-order valence-electron chi connectivity index (χ1n) is 12.1. The highest BCUT2D eigenvalue weighted by atomic mass is 16.6. The van der Waals surface area contributed by atoms with Crippen LogP contribution in [0, 0.1) is 16.0 Å². The third-order valence-electron chi connectivity index (χ3n) is 6.57. The van der Waals surface area contributed by atoms with Crippen molar-refractivity contribution in [3.05, 3.63) is 111 Å². The van der Waals surface area contributed by atoms with Crippen molar-refractivity contribution in [1.82, 2.24) is 10.6 Å². The molecule has 0 saturated heterocycles. The highest BCUT2D eigenvalue weighted by molar-refractivity contribution is 5.94. The Bertz CT molecular complexity index is 1270. The van der Waals surface area contributed by atoms with Gasteiger partial charge in [0.25, 0.3) is 11.6 Å². The topological polar surface area (TPSA) is 142 Å². The lowest BCUT2D eigenvalue weighted by Gasteiger charge is -2.24. The molecule has 2 amide bonds. The van der Waals surface area contributed by atoms with Gasteiger partial charge in [0.1, 0.15) is 0 Å². The van der Waals surface area contributed by atoms with Crippen LogP contribution >= 0.6 is 0 Å². The number of hydrogen-bond donors (Lipinski definition) is 4. The number of amides is 2. The van der Waals surface area contributed by atoms with Gasteiger partial charge in [-0.3, -0.25) is 19.7 Å². The summed E-state index contributed by atoms with van der Waals surface area (Å²) in [7, 11) is 0. The highest BCUT2D eigenvalue weighted by Gasteiger charge is 2.34. The largest absolute Gasteiger partial charge is 0.391 e. The van der Waals surface area contributed by atoms with Gasteiger partial charge < -0.3 is 20.8 Å². The van der Waals surface area contributed by atoms with E-state index in [1.807, 2.05) is 54.6 Å². The first-order valence-corrected chi connectivity index (χ1v) is 12.1. The Kier molecular flexibility index (Phi) is 8.27. The lowest BCUT2D eigenvalue weighted by Crippen LogP contribution is -2.41. The molecule has 0 aromatic heterocycles. The first kappa shape index (κ1) is 26.0. The van der Waals surface area contributed by atoms with Crippen LogP contribution in [-0.4, -0.2) is 45.7 Å². The van der Waals surface area contributed by atoms with Crippen molar-refractivity contribution in [2.45, 2.75) is 37.5 Å². The summed E-state index contributed by atoms with van der Waals surface area (Å²) in [5.74, 6) is -1.47. The minimum absolute atomic E-state index is 0.0698. The van der Waals surface area contributed by atoms with Crippen molar-refractivity contribution in [1.29, 1.82) is 0 Å². The molecule has 0 bridgehead atoms. The third kappa shape index (κ3) is 6.58. The Morgan fingerprint density at radius 3 is 2.51 bits per heavy atom. The van der Waals surface area contributed by atoms with E-state index in [0.717, 1.165) is 22.8 Å². The Hall–Kier alpha value is -4.08. The number of rotatable bonds is 10. The fourth-order valence-corrected chi connectivity index (χ4v) is 4.69. The first-order chi connectivity index (χ1) is 17.8. The normalized spacial score (nSPS) is 17.9. The molecule has 9 heteroatoms. The zero-order valence-electron chi connectivity index (χ0n) is 20.1. The number of nitrogens with one attached hydrogen (secondary N) is 2. The average Bonchev–Trinajstić information content (AvgIpc) is 3.22. The van der Waals surface area contributed by atoms with Gasteiger partial charge in [-0.05, 0) is 35.6 Å². The molecule has 0 unspecified atom stereocenters. The van der Waals surface area contributed by atoms with Crippen molar-refractivity contribution < 1.29 is 24.7 Å².